The molecule has 0 N–H and O–H groups in total. The van der Waals surface area contributed by atoms with Crippen molar-refractivity contribution in [1.82, 2.24) is 4.57 Å². The second kappa shape index (κ2) is 6.41. The van der Waals surface area contributed by atoms with Crippen LogP contribution in [0.5, 0.6) is 5.75 Å². The molecule has 0 aliphatic carbocycles. The van der Waals surface area contributed by atoms with E-state index in [1.54, 1.807) is 31.4 Å². The molecule has 0 atom stereocenters. The average molecular weight is 340 g/mol. The summed E-state index contributed by atoms with van der Waals surface area (Å²) in [5.74, 6) is 0.367. The molecule has 0 saturated carbocycles. The average Bonchev–Trinajstić information content (AvgIpc) is 2.91. The first kappa shape index (κ1) is 16.1. The second-order valence-corrected chi connectivity index (χ2v) is 6.31. The third-order valence-corrected chi connectivity index (χ3v) is 4.84. The number of rotatable bonds is 3. The van der Waals surface area contributed by atoms with Gasteiger partial charge >= 0.3 is 0 Å². The quantitative estimate of drug-likeness (QED) is 0.688. The highest BCUT2D eigenvalue weighted by molar-refractivity contribution is 7.16. The molecule has 0 fully saturated rings. The van der Waals surface area contributed by atoms with E-state index >= 15 is 0 Å². The summed E-state index contributed by atoms with van der Waals surface area (Å²) in [4.78, 5) is 28.5. The number of nitrogens with zero attached hydrogens (tertiary/aromatic N) is 2. The topological polar surface area (TPSA) is 60.7 Å². The zero-order chi connectivity index (χ0) is 17.3. The first-order chi connectivity index (χ1) is 11.5. The van der Waals surface area contributed by atoms with Gasteiger partial charge in [-0.1, -0.05) is 29.5 Å². The predicted octanol–water partition coefficient (Wildman–Crippen LogP) is 3.19. The summed E-state index contributed by atoms with van der Waals surface area (Å²) >= 11 is 1.43. The van der Waals surface area contributed by atoms with Gasteiger partial charge in [0.05, 0.1) is 11.8 Å². The summed E-state index contributed by atoms with van der Waals surface area (Å²) in [6.07, 6.45) is 0. The van der Waals surface area contributed by atoms with Crippen LogP contribution < -0.4 is 9.54 Å². The molecule has 1 aromatic heterocycles. The number of carbonyl (C=O) groups is 2. The molecular formula is C18H16N2O3S. The number of Topliss-reactive ketones (excluding diaryl/α,β-unsaturated/α-hetero) is 1. The first-order valence-corrected chi connectivity index (χ1v) is 8.15. The molecule has 0 aliphatic heterocycles. The number of fused-ring (bicyclic) bond motifs is 1. The largest absolute Gasteiger partial charge is 0.495 e. The van der Waals surface area contributed by atoms with Crippen molar-refractivity contribution in [3.63, 3.8) is 0 Å². The molecule has 1 amide bonds. The maximum absolute atomic E-state index is 12.4. The number of hydrogen-bond donors (Lipinski definition) is 0. The lowest BCUT2D eigenvalue weighted by Gasteiger charge is -2.03. The van der Waals surface area contributed by atoms with Crippen LogP contribution in [0.4, 0.5) is 0 Å². The Morgan fingerprint density at radius 3 is 2.38 bits per heavy atom. The van der Waals surface area contributed by atoms with Crippen molar-refractivity contribution in [2.24, 2.45) is 12.0 Å². The minimum atomic E-state index is -0.341. The number of carbonyl (C=O) groups excluding carboxylic acids is 2. The normalized spacial score (nSPS) is 11.7. The van der Waals surface area contributed by atoms with Gasteiger partial charge in [-0.05, 0) is 31.2 Å². The summed E-state index contributed by atoms with van der Waals surface area (Å²) in [6, 6.07) is 12.3. The molecule has 3 rings (SSSR count). The number of amides is 1. The summed E-state index contributed by atoms with van der Waals surface area (Å²) in [6.45, 7) is 1.49. The number of ketones is 1. The van der Waals surface area contributed by atoms with Crippen LogP contribution >= 0.6 is 11.3 Å². The van der Waals surface area contributed by atoms with Gasteiger partial charge in [0.25, 0.3) is 5.91 Å². The van der Waals surface area contributed by atoms with Crippen LogP contribution in [0.15, 0.2) is 47.5 Å². The molecule has 1 heterocycles. The molecule has 0 unspecified atom stereocenters. The van der Waals surface area contributed by atoms with Crippen LogP contribution in [0.25, 0.3) is 10.2 Å². The Hall–Kier alpha value is -2.73. The number of hydrogen-bond acceptors (Lipinski definition) is 4. The van der Waals surface area contributed by atoms with Gasteiger partial charge in [0.2, 0.25) is 0 Å². The van der Waals surface area contributed by atoms with Gasteiger partial charge in [-0.3, -0.25) is 9.59 Å². The Morgan fingerprint density at radius 2 is 1.75 bits per heavy atom. The van der Waals surface area contributed by atoms with Crippen LogP contribution in [0.3, 0.4) is 0 Å². The van der Waals surface area contributed by atoms with Gasteiger partial charge < -0.3 is 9.30 Å². The molecule has 24 heavy (non-hydrogen) atoms. The highest BCUT2D eigenvalue weighted by Gasteiger charge is 2.10. The van der Waals surface area contributed by atoms with Crippen molar-refractivity contribution in [2.75, 3.05) is 7.11 Å². The fourth-order valence-corrected chi connectivity index (χ4v) is 3.47. The molecule has 122 valence electrons. The molecule has 2 aromatic carbocycles. The van der Waals surface area contributed by atoms with Gasteiger partial charge in [-0.2, -0.15) is 4.99 Å². The Morgan fingerprint density at radius 1 is 1.08 bits per heavy atom. The molecule has 0 bridgehead atoms. The summed E-state index contributed by atoms with van der Waals surface area (Å²) < 4.78 is 8.22. The van der Waals surface area contributed by atoms with Crippen LogP contribution in [-0.2, 0) is 7.05 Å². The van der Waals surface area contributed by atoms with Crippen molar-refractivity contribution in [2.45, 2.75) is 6.92 Å². The third kappa shape index (κ3) is 2.88. The Labute approximate surface area is 142 Å². The van der Waals surface area contributed by atoms with Crippen molar-refractivity contribution in [1.29, 1.82) is 0 Å². The summed E-state index contributed by atoms with van der Waals surface area (Å²) in [5, 5.41) is 0. The predicted molar refractivity (Wildman–Crippen MR) is 93.7 cm³/mol. The third-order valence-electron chi connectivity index (χ3n) is 3.74. The standard InChI is InChI=1S/C18H16N2O3S/c1-11(21)12-7-9-13(10-8-12)17(22)19-18-20(2)16-14(23-3)5-4-6-15(16)24-18/h4-10H,1-3H3. The maximum atomic E-state index is 12.4. The zero-order valence-electron chi connectivity index (χ0n) is 13.6. The van der Waals surface area contributed by atoms with E-state index in [1.807, 2.05) is 29.8 Å². The number of benzene rings is 2. The molecule has 3 aromatic rings. The minimum absolute atomic E-state index is 0.0334. The van der Waals surface area contributed by atoms with E-state index in [0.29, 0.717) is 15.9 Å². The van der Waals surface area contributed by atoms with Crippen molar-refractivity contribution >= 4 is 33.2 Å². The van der Waals surface area contributed by atoms with E-state index in [0.717, 1.165) is 16.0 Å². The van der Waals surface area contributed by atoms with Crippen molar-refractivity contribution in [3.05, 3.63) is 58.4 Å². The first-order valence-electron chi connectivity index (χ1n) is 7.34. The molecule has 0 saturated heterocycles. The molecule has 0 spiro atoms. The number of methoxy groups -OCH3 is 1. The minimum Gasteiger partial charge on any atom is -0.495 e. The maximum Gasteiger partial charge on any atom is 0.279 e. The molecular weight excluding hydrogens is 324 g/mol. The van der Waals surface area contributed by atoms with Crippen LogP contribution in [0, 0.1) is 0 Å². The van der Waals surface area contributed by atoms with E-state index in [1.165, 1.54) is 18.3 Å². The summed E-state index contributed by atoms with van der Waals surface area (Å²) in [5.41, 5.74) is 1.93. The van der Waals surface area contributed by atoms with E-state index in [2.05, 4.69) is 4.99 Å². The van der Waals surface area contributed by atoms with Crippen LogP contribution in [-0.4, -0.2) is 23.4 Å². The van der Waals surface area contributed by atoms with E-state index in [4.69, 9.17) is 4.74 Å². The lowest BCUT2D eigenvalue weighted by molar-refractivity contribution is 0.0991. The van der Waals surface area contributed by atoms with Gasteiger partial charge in [0.1, 0.15) is 11.3 Å². The van der Waals surface area contributed by atoms with Gasteiger partial charge in [-0.25, -0.2) is 0 Å². The smallest absolute Gasteiger partial charge is 0.279 e. The Bertz CT molecular complexity index is 997. The lowest BCUT2D eigenvalue weighted by atomic mass is 10.1. The van der Waals surface area contributed by atoms with E-state index < -0.39 is 0 Å². The zero-order valence-corrected chi connectivity index (χ0v) is 14.4. The van der Waals surface area contributed by atoms with Gasteiger partial charge in [0, 0.05) is 18.2 Å². The van der Waals surface area contributed by atoms with Gasteiger partial charge in [0.15, 0.2) is 10.6 Å². The van der Waals surface area contributed by atoms with Gasteiger partial charge in [-0.15, -0.1) is 0 Å². The highest BCUT2D eigenvalue weighted by Crippen LogP contribution is 2.26. The number of thiazole rings is 1. The van der Waals surface area contributed by atoms with E-state index in [-0.39, 0.29) is 11.7 Å². The summed E-state index contributed by atoms with van der Waals surface area (Å²) in [7, 11) is 3.47. The number of aromatic nitrogens is 1. The fraction of sp³-hybridized carbons (Fsp3) is 0.167. The molecule has 0 radical (unpaired) electrons. The molecule has 5 nitrogen and oxygen atoms in total. The number of aryl methyl sites for hydroxylation is 1. The highest BCUT2D eigenvalue weighted by atomic mass is 32.1. The second-order valence-electron chi connectivity index (χ2n) is 5.30. The van der Waals surface area contributed by atoms with E-state index in [9.17, 15) is 9.59 Å². The Balaban J connectivity index is 2.05. The van der Waals surface area contributed by atoms with Crippen molar-refractivity contribution in [3.8, 4) is 5.75 Å². The van der Waals surface area contributed by atoms with Crippen LogP contribution in [0.1, 0.15) is 27.6 Å². The number of para-hydroxylation sites is 1. The van der Waals surface area contributed by atoms with Crippen molar-refractivity contribution < 1.29 is 14.3 Å². The molecule has 0 aliphatic rings. The molecule has 6 heteroatoms. The monoisotopic (exact) mass is 340 g/mol. The Kier molecular flexibility index (Phi) is 4.31. The number of ether oxygens (including phenoxy) is 1. The fourth-order valence-electron chi connectivity index (χ4n) is 2.44. The lowest BCUT2D eigenvalue weighted by Crippen LogP contribution is -2.13. The van der Waals surface area contributed by atoms with Crippen LogP contribution in [0.2, 0.25) is 0 Å². The SMILES string of the molecule is COc1cccc2sc(=NC(=O)c3ccc(C(C)=O)cc3)n(C)c12.